The number of carbonyl (C=O) groups is 2. The van der Waals surface area contributed by atoms with E-state index in [0.717, 1.165) is 17.5 Å². The number of nitrogens with zero attached hydrogens (tertiary/aromatic N) is 1. The molecule has 1 heterocycles. The van der Waals surface area contributed by atoms with Gasteiger partial charge in [-0.05, 0) is 53.9 Å². The number of hydrogen-bond acceptors (Lipinski definition) is 4. The van der Waals surface area contributed by atoms with E-state index in [-0.39, 0.29) is 17.6 Å². The second-order valence-corrected chi connectivity index (χ2v) is 7.01. The highest BCUT2D eigenvalue weighted by Crippen LogP contribution is 2.12. The second kappa shape index (κ2) is 11.4. The molecule has 32 heavy (non-hydrogen) atoms. The van der Waals surface area contributed by atoms with Crippen molar-refractivity contribution in [2.45, 2.75) is 13.0 Å². The molecule has 1 aromatic heterocycles. The summed E-state index contributed by atoms with van der Waals surface area (Å²) in [6.45, 7) is 1.26. The lowest BCUT2D eigenvalue weighted by Crippen LogP contribution is -2.37. The minimum absolute atomic E-state index is 0.0937. The highest BCUT2D eigenvalue weighted by atomic mass is 16.3. The van der Waals surface area contributed by atoms with Crippen molar-refractivity contribution in [2.75, 3.05) is 26.0 Å². The molecule has 0 spiro atoms. The van der Waals surface area contributed by atoms with Gasteiger partial charge in [-0.1, -0.05) is 24.3 Å². The van der Waals surface area contributed by atoms with Crippen LogP contribution < -0.4 is 21.3 Å². The van der Waals surface area contributed by atoms with Crippen LogP contribution in [0.2, 0.25) is 0 Å². The molecule has 0 bridgehead atoms. The van der Waals surface area contributed by atoms with Crippen molar-refractivity contribution in [1.82, 2.24) is 16.0 Å². The average molecular weight is 434 g/mol. The van der Waals surface area contributed by atoms with Gasteiger partial charge in [-0.3, -0.25) is 14.6 Å². The van der Waals surface area contributed by atoms with E-state index in [2.05, 4.69) is 26.3 Å². The van der Waals surface area contributed by atoms with Crippen molar-refractivity contribution < 1.29 is 14.0 Å². The third-order valence-corrected chi connectivity index (χ3v) is 4.76. The summed E-state index contributed by atoms with van der Waals surface area (Å²) in [7, 11) is 3.34. The molecule has 0 atom stereocenters. The number of nitrogens with one attached hydrogen (secondary N) is 4. The van der Waals surface area contributed by atoms with Crippen molar-refractivity contribution in [3.8, 4) is 0 Å². The van der Waals surface area contributed by atoms with Gasteiger partial charge < -0.3 is 25.7 Å². The van der Waals surface area contributed by atoms with Crippen LogP contribution in [0.25, 0.3) is 0 Å². The zero-order valence-corrected chi connectivity index (χ0v) is 18.1. The summed E-state index contributed by atoms with van der Waals surface area (Å²) < 4.78 is 5.09. The van der Waals surface area contributed by atoms with E-state index in [1.807, 2.05) is 42.5 Å². The summed E-state index contributed by atoms with van der Waals surface area (Å²) in [6, 6.07) is 18.4. The molecule has 8 heteroatoms. The van der Waals surface area contributed by atoms with Gasteiger partial charge in [-0.2, -0.15) is 0 Å². The summed E-state index contributed by atoms with van der Waals surface area (Å²) in [5, 5.41) is 12.0. The van der Waals surface area contributed by atoms with E-state index in [9.17, 15) is 9.59 Å². The highest BCUT2D eigenvalue weighted by Gasteiger charge is 2.08. The van der Waals surface area contributed by atoms with Crippen LogP contribution in [0.4, 0.5) is 5.69 Å². The number of furan rings is 1. The molecule has 8 nitrogen and oxygen atoms in total. The first-order valence-electron chi connectivity index (χ1n) is 10.3. The van der Waals surface area contributed by atoms with Crippen LogP contribution >= 0.6 is 0 Å². The average Bonchev–Trinajstić information content (AvgIpc) is 3.37. The van der Waals surface area contributed by atoms with Gasteiger partial charge in [0.1, 0.15) is 0 Å². The van der Waals surface area contributed by atoms with Crippen LogP contribution in [0.15, 0.2) is 76.3 Å². The molecule has 0 unspecified atom stereocenters. The maximum Gasteiger partial charge on any atom is 0.291 e. The monoisotopic (exact) mass is 433 g/mol. The zero-order chi connectivity index (χ0) is 22.8. The Bertz CT molecular complexity index is 1060. The third-order valence-electron chi connectivity index (χ3n) is 4.76. The molecule has 0 aliphatic carbocycles. The Hall–Kier alpha value is -4.07. The molecule has 2 amide bonds. The number of anilines is 1. The quantitative estimate of drug-likeness (QED) is 0.323. The second-order valence-electron chi connectivity index (χ2n) is 7.01. The number of benzene rings is 2. The van der Waals surface area contributed by atoms with Gasteiger partial charge >= 0.3 is 0 Å². The Kier molecular flexibility index (Phi) is 8.02. The zero-order valence-electron chi connectivity index (χ0n) is 18.1. The van der Waals surface area contributed by atoms with E-state index >= 15 is 0 Å². The number of hydrogen-bond donors (Lipinski definition) is 4. The largest absolute Gasteiger partial charge is 0.459 e. The molecule has 166 valence electrons. The van der Waals surface area contributed by atoms with Crippen molar-refractivity contribution >= 4 is 23.5 Å². The first-order valence-corrected chi connectivity index (χ1v) is 10.3. The normalized spacial score (nSPS) is 11.0. The number of amides is 2. The summed E-state index contributed by atoms with van der Waals surface area (Å²) in [6.07, 6.45) is 2.22. The maximum absolute atomic E-state index is 12.0. The van der Waals surface area contributed by atoms with Gasteiger partial charge in [0.05, 0.1) is 6.26 Å². The number of guanidine groups is 1. The fourth-order valence-corrected chi connectivity index (χ4v) is 3.05. The van der Waals surface area contributed by atoms with Crippen LogP contribution in [0.5, 0.6) is 0 Å². The van der Waals surface area contributed by atoms with Crippen LogP contribution in [-0.2, 0) is 13.0 Å². The van der Waals surface area contributed by atoms with E-state index < -0.39 is 0 Å². The van der Waals surface area contributed by atoms with Gasteiger partial charge in [-0.25, -0.2) is 0 Å². The smallest absolute Gasteiger partial charge is 0.291 e. The van der Waals surface area contributed by atoms with Crippen LogP contribution in [0.1, 0.15) is 32.0 Å². The lowest BCUT2D eigenvalue weighted by molar-refractivity contribution is 0.0961. The Labute approximate surface area is 187 Å². The van der Waals surface area contributed by atoms with E-state index in [1.54, 1.807) is 32.3 Å². The van der Waals surface area contributed by atoms with Gasteiger partial charge in [0.25, 0.3) is 11.8 Å². The van der Waals surface area contributed by atoms with Gasteiger partial charge in [-0.15, -0.1) is 0 Å². The Morgan fingerprint density at radius 1 is 0.938 bits per heavy atom. The van der Waals surface area contributed by atoms with Gasteiger partial charge in [0.15, 0.2) is 11.7 Å². The molecule has 0 aliphatic rings. The van der Waals surface area contributed by atoms with Crippen molar-refractivity contribution in [1.29, 1.82) is 0 Å². The molecule has 0 saturated heterocycles. The van der Waals surface area contributed by atoms with Gasteiger partial charge in [0.2, 0.25) is 0 Å². The Balaban J connectivity index is 1.44. The molecule has 2 aromatic carbocycles. The number of rotatable bonds is 8. The third kappa shape index (κ3) is 6.46. The van der Waals surface area contributed by atoms with Crippen LogP contribution in [-0.4, -0.2) is 38.4 Å². The lowest BCUT2D eigenvalue weighted by Gasteiger charge is -2.13. The van der Waals surface area contributed by atoms with Crippen LogP contribution in [0.3, 0.4) is 0 Å². The molecule has 0 aliphatic heterocycles. The first kappa shape index (κ1) is 22.6. The first-order chi connectivity index (χ1) is 15.6. The molecule has 0 fully saturated rings. The minimum Gasteiger partial charge on any atom is -0.459 e. The van der Waals surface area contributed by atoms with E-state index in [4.69, 9.17) is 4.42 Å². The summed E-state index contributed by atoms with van der Waals surface area (Å²) in [5.74, 6) is 0.573. The number of aliphatic imine (C=N–C) groups is 1. The van der Waals surface area contributed by atoms with Crippen LogP contribution in [0, 0.1) is 0 Å². The molecular formula is C24H27N5O3. The predicted octanol–water partition coefficient (Wildman–Crippen LogP) is 2.80. The summed E-state index contributed by atoms with van der Waals surface area (Å²) >= 11 is 0. The molecule has 4 N–H and O–H groups in total. The minimum atomic E-state index is -0.286. The van der Waals surface area contributed by atoms with Crippen molar-refractivity contribution in [3.63, 3.8) is 0 Å². The standard InChI is InChI=1S/C24H27N5O3/c1-25-22(30)19-6-3-5-17(15-19)12-13-27-24(26-2)28-16-18-8-10-20(11-9-18)29-23(31)21-7-4-14-32-21/h3-11,14-15H,12-13,16H2,1-2H3,(H,25,30)(H,29,31)(H2,26,27,28). The number of carbonyl (C=O) groups excluding carboxylic acids is 2. The fraction of sp³-hybridized carbons (Fsp3) is 0.208. The summed E-state index contributed by atoms with van der Waals surface area (Å²) in [4.78, 5) is 28.0. The van der Waals surface area contributed by atoms with Crippen molar-refractivity contribution in [2.24, 2.45) is 4.99 Å². The fourth-order valence-electron chi connectivity index (χ4n) is 3.05. The Morgan fingerprint density at radius 2 is 1.75 bits per heavy atom. The predicted molar refractivity (Wildman–Crippen MR) is 125 cm³/mol. The molecule has 0 radical (unpaired) electrons. The molecular weight excluding hydrogens is 406 g/mol. The van der Waals surface area contributed by atoms with E-state index in [0.29, 0.717) is 30.3 Å². The SMILES string of the molecule is CN=C(NCCc1cccc(C(=O)NC)c1)NCc1ccc(NC(=O)c2ccco2)cc1. The van der Waals surface area contributed by atoms with Crippen molar-refractivity contribution in [3.05, 3.63) is 89.4 Å². The molecule has 3 rings (SSSR count). The summed E-state index contributed by atoms with van der Waals surface area (Å²) in [5.41, 5.74) is 3.46. The maximum atomic E-state index is 12.0. The van der Waals surface area contributed by atoms with E-state index in [1.165, 1.54) is 6.26 Å². The van der Waals surface area contributed by atoms with Gasteiger partial charge in [0, 0.05) is 38.4 Å². The topological polar surface area (TPSA) is 108 Å². The lowest BCUT2D eigenvalue weighted by atomic mass is 10.1. The molecule has 0 saturated carbocycles. The molecule has 3 aromatic rings. The Morgan fingerprint density at radius 3 is 2.44 bits per heavy atom. The highest BCUT2D eigenvalue weighted by molar-refractivity contribution is 6.02.